The summed E-state index contributed by atoms with van der Waals surface area (Å²) in [6.45, 7) is 1.94. The number of hydrogen-bond donors (Lipinski definition) is 2. The Morgan fingerprint density at radius 3 is 2.44 bits per heavy atom. The molecule has 3 rings (SSSR count). The highest BCUT2D eigenvalue weighted by Gasteiger charge is 2.13. The number of amides is 2. The van der Waals surface area contributed by atoms with Crippen LogP contribution in [0.15, 0.2) is 55.1 Å². The SMILES string of the molecule is CCCC(=O)Nc1cccc(NC(=O)c2cc(-n3cnnc3)ccc2Cl)c1. The average molecular weight is 384 g/mol. The largest absolute Gasteiger partial charge is 0.326 e. The minimum atomic E-state index is -0.355. The lowest BCUT2D eigenvalue weighted by atomic mass is 10.1. The second-order valence-electron chi connectivity index (χ2n) is 5.87. The fourth-order valence-electron chi connectivity index (χ4n) is 2.51. The molecule has 0 saturated carbocycles. The van der Waals surface area contributed by atoms with Gasteiger partial charge in [0.1, 0.15) is 12.7 Å². The molecular weight excluding hydrogens is 366 g/mol. The number of anilines is 2. The fraction of sp³-hybridized carbons (Fsp3) is 0.158. The van der Waals surface area contributed by atoms with Gasteiger partial charge in [-0.1, -0.05) is 24.6 Å². The number of nitrogens with zero attached hydrogens (tertiary/aromatic N) is 3. The van der Waals surface area contributed by atoms with Crippen molar-refractivity contribution in [2.24, 2.45) is 0 Å². The molecule has 0 saturated heterocycles. The standard InChI is InChI=1S/C19H18ClN5O2/c1-2-4-18(26)23-13-5-3-6-14(9-13)24-19(27)16-10-15(7-8-17(16)20)25-11-21-22-12-25/h3,5-12H,2,4H2,1H3,(H,23,26)(H,24,27). The summed E-state index contributed by atoms with van der Waals surface area (Å²) in [7, 11) is 0. The van der Waals surface area contributed by atoms with Crippen LogP contribution >= 0.6 is 11.6 Å². The number of hydrogen-bond acceptors (Lipinski definition) is 4. The molecule has 7 nitrogen and oxygen atoms in total. The molecule has 0 aliphatic rings. The summed E-state index contributed by atoms with van der Waals surface area (Å²) in [5, 5.41) is 13.4. The van der Waals surface area contributed by atoms with Crippen LogP contribution in [-0.2, 0) is 4.79 Å². The van der Waals surface area contributed by atoms with Crippen LogP contribution in [0.4, 0.5) is 11.4 Å². The second-order valence-corrected chi connectivity index (χ2v) is 6.27. The smallest absolute Gasteiger partial charge is 0.257 e. The van der Waals surface area contributed by atoms with Crippen molar-refractivity contribution in [2.75, 3.05) is 10.6 Å². The molecule has 0 radical (unpaired) electrons. The van der Waals surface area contributed by atoms with Crippen molar-refractivity contribution in [3.05, 3.63) is 65.7 Å². The number of halogens is 1. The van der Waals surface area contributed by atoms with Crippen molar-refractivity contribution in [3.63, 3.8) is 0 Å². The van der Waals surface area contributed by atoms with Crippen molar-refractivity contribution in [3.8, 4) is 5.69 Å². The quantitative estimate of drug-likeness (QED) is 0.675. The Labute approximate surface area is 161 Å². The van der Waals surface area contributed by atoms with E-state index in [1.165, 1.54) is 12.7 Å². The highest BCUT2D eigenvalue weighted by Crippen LogP contribution is 2.22. The third kappa shape index (κ3) is 4.71. The zero-order valence-electron chi connectivity index (χ0n) is 14.6. The summed E-state index contributed by atoms with van der Waals surface area (Å²) in [6.07, 6.45) is 4.28. The Hall–Kier alpha value is -3.19. The van der Waals surface area contributed by atoms with Crippen molar-refractivity contribution in [1.29, 1.82) is 0 Å². The van der Waals surface area contributed by atoms with Gasteiger partial charge in [-0.05, 0) is 42.8 Å². The Bertz CT molecular complexity index is 956. The molecule has 8 heteroatoms. The second kappa shape index (κ2) is 8.46. The lowest BCUT2D eigenvalue weighted by Crippen LogP contribution is -2.14. The number of rotatable bonds is 6. The molecule has 1 aromatic heterocycles. The van der Waals surface area contributed by atoms with E-state index in [0.29, 0.717) is 28.4 Å². The highest BCUT2D eigenvalue weighted by atomic mass is 35.5. The van der Waals surface area contributed by atoms with E-state index in [1.807, 2.05) is 6.92 Å². The van der Waals surface area contributed by atoms with E-state index in [0.717, 1.165) is 12.1 Å². The zero-order valence-corrected chi connectivity index (χ0v) is 15.4. The Kier molecular flexibility index (Phi) is 5.83. The molecule has 27 heavy (non-hydrogen) atoms. The first-order valence-electron chi connectivity index (χ1n) is 8.42. The third-order valence-corrected chi connectivity index (χ3v) is 4.12. The molecule has 2 N–H and O–H groups in total. The number of benzene rings is 2. The number of nitrogens with one attached hydrogen (secondary N) is 2. The van der Waals surface area contributed by atoms with Crippen LogP contribution in [0, 0.1) is 0 Å². The van der Waals surface area contributed by atoms with Crippen LogP contribution in [0.2, 0.25) is 5.02 Å². The summed E-state index contributed by atoms with van der Waals surface area (Å²) in [5.41, 5.74) is 2.22. The Morgan fingerprint density at radius 2 is 1.74 bits per heavy atom. The Morgan fingerprint density at radius 1 is 1.04 bits per heavy atom. The molecule has 138 valence electrons. The van der Waals surface area contributed by atoms with Crippen molar-refractivity contribution in [1.82, 2.24) is 14.8 Å². The molecule has 3 aromatic rings. The fourth-order valence-corrected chi connectivity index (χ4v) is 2.71. The van der Waals surface area contributed by atoms with Gasteiger partial charge in [-0.3, -0.25) is 14.2 Å². The van der Waals surface area contributed by atoms with E-state index >= 15 is 0 Å². The van der Waals surface area contributed by atoms with E-state index in [-0.39, 0.29) is 11.8 Å². The maximum atomic E-state index is 12.7. The molecule has 0 aliphatic carbocycles. The predicted molar refractivity (Wildman–Crippen MR) is 104 cm³/mol. The van der Waals surface area contributed by atoms with Crippen LogP contribution in [0.1, 0.15) is 30.1 Å². The van der Waals surface area contributed by atoms with E-state index in [2.05, 4.69) is 20.8 Å². The van der Waals surface area contributed by atoms with Crippen molar-refractivity contribution >= 4 is 34.8 Å². The van der Waals surface area contributed by atoms with Gasteiger partial charge < -0.3 is 10.6 Å². The zero-order chi connectivity index (χ0) is 19.2. The van der Waals surface area contributed by atoms with Crippen LogP contribution in [0.5, 0.6) is 0 Å². The minimum absolute atomic E-state index is 0.0642. The molecule has 0 unspecified atom stereocenters. The summed E-state index contributed by atoms with van der Waals surface area (Å²) < 4.78 is 1.68. The van der Waals surface area contributed by atoms with Crippen LogP contribution in [0.3, 0.4) is 0 Å². The Balaban J connectivity index is 1.77. The van der Waals surface area contributed by atoms with Gasteiger partial charge >= 0.3 is 0 Å². The summed E-state index contributed by atoms with van der Waals surface area (Å²) in [6, 6.07) is 12.0. The maximum Gasteiger partial charge on any atom is 0.257 e. The van der Waals surface area contributed by atoms with Crippen molar-refractivity contribution in [2.45, 2.75) is 19.8 Å². The van der Waals surface area contributed by atoms with Gasteiger partial charge in [-0.25, -0.2) is 0 Å². The molecule has 0 fully saturated rings. The van der Waals surface area contributed by atoms with E-state index in [4.69, 9.17) is 11.6 Å². The van der Waals surface area contributed by atoms with Gasteiger partial charge in [-0.2, -0.15) is 0 Å². The lowest BCUT2D eigenvalue weighted by molar-refractivity contribution is -0.116. The number of carbonyl (C=O) groups excluding carboxylic acids is 2. The summed E-state index contributed by atoms with van der Waals surface area (Å²) in [4.78, 5) is 24.4. The van der Waals surface area contributed by atoms with Gasteiger partial charge in [0.2, 0.25) is 5.91 Å². The highest BCUT2D eigenvalue weighted by molar-refractivity contribution is 6.34. The topological polar surface area (TPSA) is 88.9 Å². The molecule has 0 atom stereocenters. The van der Waals surface area contributed by atoms with Crippen molar-refractivity contribution < 1.29 is 9.59 Å². The molecule has 0 bridgehead atoms. The molecular formula is C19H18ClN5O2. The average Bonchev–Trinajstić information content (AvgIpc) is 3.17. The van der Waals surface area contributed by atoms with E-state index in [9.17, 15) is 9.59 Å². The molecule has 2 aromatic carbocycles. The number of aromatic nitrogens is 3. The first-order chi connectivity index (χ1) is 13.1. The lowest BCUT2D eigenvalue weighted by Gasteiger charge is -2.11. The summed E-state index contributed by atoms with van der Waals surface area (Å²) in [5.74, 6) is -0.419. The first kappa shape index (κ1) is 18.6. The first-order valence-corrected chi connectivity index (χ1v) is 8.80. The van der Waals surface area contributed by atoms with E-state index < -0.39 is 0 Å². The van der Waals surface area contributed by atoms with Crippen LogP contribution < -0.4 is 10.6 Å². The number of carbonyl (C=O) groups is 2. The maximum absolute atomic E-state index is 12.7. The molecule has 1 heterocycles. The predicted octanol–water partition coefficient (Wildman–Crippen LogP) is 3.91. The van der Waals surface area contributed by atoms with E-state index in [1.54, 1.807) is 47.0 Å². The van der Waals surface area contributed by atoms with Gasteiger partial charge in [-0.15, -0.1) is 10.2 Å². The summed E-state index contributed by atoms with van der Waals surface area (Å²) >= 11 is 6.20. The van der Waals surface area contributed by atoms with Crippen LogP contribution in [0.25, 0.3) is 5.69 Å². The van der Waals surface area contributed by atoms with Gasteiger partial charge in [0.05, 0.1) is 10.6 Å². The molecule has 0 spiro atoms. The van der Waals surface area contributed by atoms with Gasteiger partial charge in [0.25, 0.3) is 5.91 Å². The third-order valence-electron chi connectivity index (χ3n) is 3.79. The monoisotopic (exact) mass is 383 g/mol. The van der Waals surface area contributed by atoms with Gasteiger partial charge in [0, 0.05) is 23.5 Å². The normalized spacial score (nSPS) is 10.4. The molecule has 0 aliphatic heterocycles. The minimum Gasteiger partial charge on any atom is -0.326 e. The van der Waals surface area contributed by atoms with Crippen LogP contribution in [-0.4, -0.2) is 26.6 Å². The molecule has 2 amide bonds. The van der Waals surface area contributed by atoms with Gasteiger partial charge in [0.15, 0.2) is 0 Å².